The van der Waals surface area contributed by atoms with Gasteiger partial charge in [0.15, 0.2) is 12.1 Å². The molecular weight excluding hydrogens is 616 g/mol. The van der Waals surface area contributed by atoms with E-state index < -0.39 is 24.1 Å². The smallest absolute Gasteiger partial charge is 0.333 e. The topological polar surface area (TPSA) is 205 Å². The number of nitrogens with zero attached hydrogens (tertiary/aromatic N) is 1. The number of para-hydroxylation sites is 2. The molecule has 0 aliphatic carbocycles. The van der Waals surface area contributed by atoms with E-state index in [4.69, 9.17) is 36.2 Å². The number of benzene rings is 3. The SMILES string of the molecule is CCOC(Cc1ccc(NCc2ccc(OCCCN3CCOc4ccccc43)cc2)cc1)C(=O)O.N=C(N)NCCC[C@H](N)C(=O)O. The molecule has 9 N–H and O–H groups in total. The second-order valence-electron chi connectivity index (χ2n) is 11.1. The fourth-order valence-corrected chi connectivity index (χ4v) is 4.87. The average Bonchev–Trinajstić information content (AvgIpc) is 3.08. The molecule has 1 heterocycles. The number of guanidine groups is 1. The van der Waals surface area contributed by atoms with Crippen molar-refractivity contribution in [1.29, 1.82) is 5.41 Å². The summed E-state index contributed by atoms with van der Waals surface area (Å²) in [4.78, 5) is 23.8. The zero-order chi connectivity index (χ0) is 34.7. The van der Waals surface area contributed by atoms with Crippen molar-refractivity contribution >= 4 is 29.3 Å². The maximum absolute atomic E-state index is 11.3. The highest BCUT2D eigenvalue weighted by Gasteiger charge is 2.18. The maximum Gasteiger partial charge on any atom is 0.333 e. The van der Waals surface area contributed by atoms with Gasteiger partial charge in [0.25, 0.3) is 0 Å². The van der Waals surface area contributed by atoms with Crippen molar-refractivity contribution in [1.82, 2.24) is 5.32 Å². The Bertz CT molecular complexity index is 1420. The van der Waals surface area contributed by atoms with Gasteiger partial charge in [0.1, 0.15) is 24.1 Å². The lowest BCUT2D eigenvalue weighted by Crippen LogP contribution is -2.34. The molecule has 3 aromatic rings. The van der Waals surface area contributed by atoms with E-state index in [1.165, 1.54) is 0 Å². The van der Waals surface area contributed by atoms with Crippen LogP contribution in [0, 0.1) is 5.41 Å². The Morgan fingerprint density at radius 3 is 2.38 bits per heavy atom. The number of fused-ring (bicyclic) bond motifs is 1. The summed E-state index contributed by atoms with van der Waals surface area (Å²) in [5, 5.41) is 30.4. The van der Waals surface area contributed by atoms with E-state index in [1.807, 2.05) is 54.6 Å². The molecule has 1 aliphatic heterocycles. The predicted octanol–water partition coefficient (Wildman–Crippen LogP) is 3.66. The Morgan fingerprint density at radius 1 is 1.00 bits per heavy atom. The molecule has 4 rings (SSSR count). The Balaban J connectivity index is 0.000000444. The van der Waals surface area contributed by atoms with E-state index in [-0.39, 0.29) is 5.96 Å². The van der Waals surface area contributed by atoms with Crippen LogP contribution in [0.2, 0.25) is 0 Å². The van der Waals surface area contributed by atoms with Crippen molar-refractivity contribution < 1.29 is 34.0 Å². The first-order valence-electron chi connectivity index (χ1n) is 16.1. The summed E-state index contributed by atoms with van der Waals surface area (Å²) in [6.45, 7) is 6.56. The number of carbonyl (C=O) groups is 2. The summed E-state index contributed by atoms with van der Waals surface area (Å²) < 4.78 is 17.0. The number of ether oxygens (including phenoxy) is 3. The molecule has 13 heteroatoms. The zero-order valence-corrected chi connectivity index (χ0v) is 27.4. The minimum absolute atomic E-state index is 0.112. The van der Waals surface area contributed by atoms with Gasteiger partial charge in [-0.05, 0) is 73.7 Å². The lowest BCUT2D eigenvalue weighted by molar-refractivity contribution is -0.150. The molecule has 13 nitrogen and oxygen atoms in total. The van der Waals surface area contributed by atoms with Crippen LogP contribution in [-0.4, -0.2) is 79.7 Å². The monoisotopic (exact) mass is 664 g/mol. The summed E-state index contributed by atoms with van der Waals surface area (Å²) >= 11 is 0. The number of anilines is 2. The summed E-state index contributed by atoms with van der Waals surface area (Å²) in [6.07, 6.45) is 1.45. The molecule has 260 valence electrons. The molecule has 0 radical (unpaired) electrons. The number of aliphatic carboxylic acids is 2. The molecule has 0 aromatic heterocycles. The second kappa shape index (κ2) is 20.3. The molecule has 0 spiro atoms. The van der Waals surface area contributed by atoms with E-state index in [9.17, 15) is 14.7 Å². The van der Waals surface area contributed by atoms with Crippen LogP contribution in [0.25, 0.3) is 0 Å². The van der Waals surface area contributed by atoms with Crippen molar-refractivity contribution in [2.45, 2.75) is 51.3 Å². The standard InChI is InChI=1S/C29H34N2O5.C6H14N4O2/c1-2-34-28(29(32)33)20-22-8-12-24(13-9-22)30-21-23-10-14-25(15-11-23)35-18-5-16-31-17-19-36-27-7-4-3-6-26(27)31;7-4(5(11)12)2-1-3-10-6(8)9/h3-4,6-15,28,30H,2,5,16-21H2,1H3,(H,32,33);4H,1-3,7H2,(H,11,12)(H4,8,9,10)/t;4-/m.0/s1. The van der Waals surface area contributed by atoms with E-state index >= 15 is 0 Å². The molecule has 3 aromatic carbocycles. The quantitative estimate of drug-likeness (QED) is 0.0591. The van der Waals surface area contributed by atoms with Gasteiger partial charge in [0.2, 0.25) is 0 Å². The normalized spacial score (nSPS) is 13.1. The van der Waals surface area contributed by atoms with Crippen LogP contribution in [0.4, 0.5) is 11.4 Å². The van der Waals surface area contributed by atoms with Crippen LogP contribution in [-0.2, 0) is 27.3 Å². The molecular formula is C35H48N6O7. The second-order valence-corrected chi connectivity index (χ2v) is 11.1. The first-order chi connectivity index (χ1) is 23.2. The summed E-state index contributed by atoms with van der Waals surface area (Å²) in [6, 6.07) is 23.3. The highest BCUT2D eigenvalue weighted by molar-refractivity contribution is 5.74. The number of nitrogens with two attached hydrogens (primary N) is 2. The van der Waals surface area contributed by atoms with Crippen LogP contribution in [0.1, 0.15) is 37.3 Å². The molecule has 0 fully saturated rings. The number of hydrogen-bond acceptors (Lipinski definition) is 9. The molecule has 1 aliphatic rings. The Labute approximate surface area is 281 Å². The fraction of sp³-hybridized carbons (Fsp3) is 0.400. The van der Waals surface area contributed by atoms with Crippen molar-refractivity contribution in [2.75, 3.05) is 49.7 Å². The molecule has 48 heavy (non-hydrogen) atoms. The number of carboxylic acids is 2. The molecule has 0 saturated heterocycles. The Kier molecular flexibility index (Phi) is 15.8. The third-order valence-electron chi connectivity index (χ3n) is 7.43. The van der Waals surface area contributed by atoms with Gasteiger partial charge in [0.05, 0.1) is 18.8 Å². The first-order valence-corrected chi connectivity index (χ1v) is 16.1. The van der Waals surface area contributed by atoms with Gasteiger partial charge < -0.3 is 51.4 Å². The van der Waals surface area contributed by atoms with E-state index in [0.717, 1.165) is 60.1 Å². The lowest BCUT2D eigenvalue weighted by atomic mass is 10.1. The number of carboxylic acid groups (broad SMARTS) is 2. The molecule has 1 unspecified atom stereocenters. The minimum atomic E-state index is -1.00. The average molecular weight is 665 g/mol. The van der Waals surface area contributed by atoms with Crippen molar-refractivity contribution in [3.05, 3.63) is 83.9 Å². The van der Waals surface area contributed by atoms with Gasteiger partial charge in [-0.1, -0.05) is 36.4 Å². The van der Waals surface area contributed by atoms with Gasteiger partial charge in [0, 0.05) is 38.3 Å². The summed E-state index contributed by atoms with van der Waals surface area (Å²) in [5.41, 5.74) is 14.4. The van der Waals surface area contributed by atoms with E-state index in [0.29, 0.717) is 45.6 Å². The van der Waals surface area contributed by atoms with Crippen LogP contribution >= 0.6 is 0 Å². The van der Waals surface area contributed by atoms with E-state index in [1.54, 1.807) is 6.92 Å². The Hall–Kier alpha value is -5.01. The van der Waals surface area contributed by atoms with Crippen molar-refractivity contribution in [3.8, 4) is 11.5 Å². The molecule has 0 saturated carbocycles. The highest BCUT2D eigenvalue weighted by Crippen LogP contribution is 2.30. The van der Waals surface area contributed by atoms with Crippen LogP contribution < -0.4 is 36.5 Å². The summed E-state index contributed by atoms with van der Waals surface area (Å²) in [5.74, 6) is -0.225. The van der Waals surface area contributed by atoms with Crippen molar-refractivity contribution in [2.24, 2.45) is 11.5 Å². The Morgan fingerprint density at radius 2 is 1.71 bits per heavy atom. The predicted molar refractivity (Wildman–Crippen MR) is 186 cm³/mol. The fourth-order valence-electron chi connectivity index (χ4n) is 4.87. The van der Waals surface area contributed by atoms with Crippen LogP contribution in [0.15, 0.2) is 72.8 Å². The number of hydrogen-bond donors (Lipinski definition) is 7. The third kappa shape index (κ3) is 13.4. The van der Waals surface area contributed by atoms with Gasteiger partial charge in [-0.3, -0.25) is 10.2 Å². The highest BCUT2D eigenvalue weighted by atomic mass is 16.5. The maximum atomic E-state index is 11.3. The molecule has 0 bridgehead atoms. The van der Waals surface area contributed by atoms with Gasteiger partial charge in [-0.15, -0.1) is 0 Å². The van der Waals surface area contributed by atoms with Gasteiger partial charge in [-0.2, -0.15) is 0 Å². The van der Waals surface area contributed by atoms with Gasteiger partial charge in [-0.25, -0.2) is 4.79 Å². The molecule has 0 amide bonds. The van der Waals surface area contributed by atoms with Crippen LogP contribution in [0.5, 0.6) is 11.5 Å². The minimum Gasteiger partial charge on any atom is -0.494 e. The third-order valence-corrected chi connectivity index (χ3v) is 7.43. The van der Waals surface area contributed by atoms with Gasteiger partial charge >= 0.3 is 11.9 Å². The lowest BCUT2D eigenvalue weighted by Gasteiger charge is -2.31. The van der Waals surface area contributed by atoms with E-state index in [2.05, 4.69) is 33.7 Å². The van der Waals surface area contributed by atoms with Crippen molar-refractivity contribution in [3.63, 3.8) is 0 Å². The molecule has 2 atom stereocenters. The number of rotatable bonds is 18. The largest absolute Gasteiger partial charge is 0.494 e. The zero-order valence-electron chi connectivity index (χ0n) is 27.4. The first kappa shape index (κ1) is 37.4. The number of nitrogens with one attached hydrogen (secondary N) is 3. The van der Waals surface area contributed by atoms with Crippen LogP contribution in [0.3, 0.4) is 0 Å². The summed E-state index contributed by atoms with van der Waals surface area (Å²) in [7, 11) is 0.